The molecule has 72 valence electrons. The van der Waals surface area contributed by atoms with Gasteiger partial charge in [-0.25, -0.2) is 4.98 Å². The first-order valence-corrected chi connectivity index (χ1v) is 4.35. The van der Waals surface area contributed by atoms with E-state index in [1.807, 2.05) is 6.92 Å². The standard InChI is InChI=1S/C9H12ClNO2/c1-7-6-11-9(10)5-8(7)13-4-3-12-2/h5-6H,3-4H2,1-2H3. The van der Waals surface area contributed by atoms with Crippen molar-refractivity contribution in [1.29, 1.82) is 0 Å². The molecule has 0 aliphatic carbocycles. The van der Waals surface area contributed by atoms with Gasteiger partial charge in [0.05, 0.1) is 6.61 Å². The second-order valence-corrected chi connectivity index (χ2v) is 3.00. The van der Waals surface area contributed by atoms with Crippen LogP contribution in [-0.4, -0.2) is 25.3 Å². The predicted octanol–water partition coefficient (Wildman–Crippen LogP) is 2.07. The van der Waals surface area contributed by atoms with Gasteiger partial charge >= 0.3 is 0 Å². The number of rotatable bonds is 4. The monoisotopic (exact) mass is 201 g/mol. The summed E-state index contributed by atoms with van der Waals surface area (Å²) < 4.78 is 10.3. The first-order chi connectivity index (χ1) is 6.24. The summed E-state index contributed by atoms with van der Waals surface area (Å²) in [5.74, 6) is 0.761. The van der Waals surface area contributed by atoms with Crippen LogP contribution >= 0.6 is 11.6 Å². The first kappa shape index (κ1) is 10.3. The van der Waals surface area contributed by atoms with Gasteiger partial charge in [0.15, 0.2) is 0 Å². The topological polar surface area (TPSA) is 31.4 Å². The average Bonchev–Trinajstić information content (AvgIpc) is 2.11. The van der Waals surface area contributed by atoms with E-state index in [0.717, 1.165) is 11.3 Å². The van der Waals surface area contributed by atoms with Crippen LogP contribution in [0.2, 0.25) is 5.15 Å². The highest BCUT2D eigenvalue weighted by Crippen LogP contribution is 2.19. The van der Waals surface area contributed by atoms with Gasteiger partial charge in [0, 0.05) is 24.9 Å². The predicted molar refractivity (Wildman–Crippen MR) is 51.4 cm³/mol. The van der Waals surface area contributed by atoms with E-state index < -0.39 is 0 Å². The zero-order valence-electron chi connectivity index (χ0n) is 7.71. The molecule has 0 saturated heterocycles. The second-order valence-electron chi connectivity index (χ2n) is 2.61. The van der Waals surface area contributed by atoms with Gasteiger partial charge in [0.25, 0.3) is 0 Å². The fourth-order valence-corrected chi connectivity index (χ4v) is 1.02. The molecule has 13 heavy (non-hydrogen) atoms. The molecular formula is C9H12ClNO2. The molecule has 1 rings (SSSR count). The molecule has 1 heterocycles. The van der Waals surface area contributed by atoms with Gasteiger partial charge in [-0.2, -0.15) is 0 Å². The maximum Gasteiger partial charge on any atom is 0.132 e. The molecule has 0 fully saturated rings. The van der Waals surface area contributed by atoms with Crippen molar-refractivity contribution in [3.05, 3.63) is 23.0 Å². The number of aryl methyl sites for hydroxylation is 1. The van der Waals surface area contributed by atoms with Crippen molar-refractivity contribution in [3.8, 4) is 5.75 Å². The Labute approximate surface area is 82.6 Å². The van der Waals surface area contributed by atoms with Crippen molar-refractivity contribution < 1.29 is 9.47 Å². The minimum Gasteiger partial charge on any atom is -0.491 e. The van der Waals surface area contributed by atoms with Gasteiger partial charge in [-0.3, -0.25) is 0 Å². The third kappa shape index (κ3) is 3.20. The first-order valence-electron chi connectivity index (χ1n) is 3.98. The summed E-state index contributed by atoms with van der Waals surface area (Å²) in [6.07, 6.45) is 1.68. The Balaban J connectivity index is 2.59. The lowest BCUT2D eigenvalue weighted by atomic mass is 10.3. The van der Waals surface area contributed by atoms with Gasteiger partial charge in [-0.15, -0.1) is 0 Å². The lowest BCUT2D eigenvalue weighted by Gasteiger charge is -2.07. The van der Waals surface area contributed by atoms with Gasteiger partial charge < -0.3 is 9.47 Å². The Hall–Kier alpha value is -0.800. The molecule has 0 aliphatic rings. The molecule has 1 aromatic rings. The highest BCUT2D eigenvalue weighted by atomic mass is 35.5. The van der Waals surface area contributed by atoms with Crippen molar-refractivity contribution in [2.75, 3.05) is 20.3 Å². The van der Waals surface area contributed by atoms with Crippen LogP contribution < -0.4 is 4.74 Å². The quantitative estimate of drug-likeness (QED) is 0.552. The Morgan fingerprint density at radius 3 is 2.92 bits per heavy atom. The lowest BCUT2D eigenvalue weighted by Crippen LogP contribution is -2.05. The van der Waals surface area contributed by atoms with E-state index in [0.29, 0.717) is 18.4 Å². The van der Waals surface area contributed by atoms with Gasteiger partial charge in [0.1, 0.15) is 17.5 Å². The van der Waals surface area contributed by atoms with E-state index in [1.165, 1.54) is 0 Å². The molecule has 0 aliphatic heterocycles. The molecule has 0 aromatic carbocycles. The average molecular weight is 202 g/mol. The summed E-state index contributed by atoms with van der Waals surface area (Å²) in [5, 5.41) is 0.443. The molecule has 0 radical (unpaired) electrons. The van der Waals surface area contributed by atoms with Crippen molar-refractivity contribution >= 4 is 11.6 Å². The molecule has 0 amide bonds. The molecule has 0 bridgehead atoms. The third-order valence-electron chi connectivity index (χ3n) is 1.57. The van der Waals surface area contributed by atoms with E-state index in [9.17, 15) is 0 Å². The Kier molecular flexibility index (Phi) is 3.99. The highest BCUT2D eigenvalue weighted by molar-refractivity contribution is 6.29. The molecule has 1 aromatic heterocycles. The van der Waals surface area contributed by atoms with E-state index in [4.69, 9.17) is 21.1 Å². The van der Waals surface area contributed by atoms with E-state index in [-0.39, 0.29) is 0 Å². The van der Waals surface area contributed by atoms with Gasteiger partial charge in [0.2, 0.25) is 0 Å². The molecule has 4 heteroatoms. The van der Waals surface area contributed by atoms with Crippen LogP contribution in [-0.2, 0) is 4.74 Å². The molecule has 0 atom stereocenters. The minimum absolute atomic E-state index is 0.443. The Morgan fingerprint density at radius 1 is 1.46 bits per heavy atom. The summed E-state index contributed by atoms with van der Waals surface area (Å²) in [6, 6.07) is 1.70. The fourth-order valence-electron chi connectivity index (χ4n) is 0.872. The number of hydrogen-bond acceptors (Lipinski definition) is 3. The Bertz CT molecular complexity index is 278. The van der Waals surface area contributed by atoms with Crippen molar-refractivity contribution in [2.24, 2.45) is 0 Å². The summed E-state index contributed by atoms with van der Waals surface area (Å²) in [6.45, 7) is 3.02. The number of aromatic nitrogens is 1. The highest BCUT2D eigenvalue weighted by Gasteiger charge is 2.00. The minimum atomic E-state index is 0.443. The molecule has 0 spiro atoms. The number of hydrogen-bond donors (Lipinski definition) is 0. The van der Waals surface area contributed by atoms with Crippen LogP contribution in [0.4, 0.5) is 0 Å². The number of halogens is 1. The van der Waals surface area contributed by atoms with Crippen LogP contribution in [0.15, 0.2) is 12.3 Å². The summed E-state index contributed by atoms with van der Waals surface area (Å²) in [4.78, 5) is 3.92. The number of ether oxygens (including phenoxy) is 2. The summed E-state index contributed by atoms with van der Waals surface area (Å²) in [5.41, 5.74) is 0.973. The van der Waals surface area contributed by atoms with Crippen LogP contribution in [0.5, 0.6) is 5.75 Å². The smallest absolute Gasteiger partial charge is 0.132 e. The second kappa shape index (κ2) is 5.04. The summed E-state index contributed by atoms with van der Waals surface area (Å²) in [7, 11) is 1.63. The molecule has 0 unspecified atom stereocenters. The normalized spacial score (nSPS) is 10.1. The molecular weight excluding hydrogens is 190 g/mol. The largest absolute Gasteiger partial charge is 0.491 e. The Morgan fingerprint density at radius 2 is 2.23 bits per heavy atom. The fraction of sp³-hybridized carbons (Fsp3) is 0.444. The number of methoxy groups -OCH3 is 1. The zero-order chi connectivity index (χ0) is 9.68. The zero-order valence-corrected chi connectivity index (χ0v) is 8.47. The van der Waals surface area contributed by atoms with Crippen molar-refractivity contribution in [2.45, 2.75) is 6.92 Å². The van der Waals surface area contributed by atoms with Gasteiger partial charge in [-0.05, 0) is 6.92 Å². The van der Waals surface area contributed by atoms with Crippen molar-refractivity contribution in [1.82, 2.24) is 4.98 Å². The molecule has 0 saturated carbocycles. The molecule has 0 N–H and O–H groups in total. The van der Waals surface area contributed by atoms with Crippen LogP contribution in [0, 0.1) is 6.92 Å². The van der Waals surface area contributed by atoms with Gasteiger partial charge in [-0.1, -0.05) is 11.6 Å². The maximum atomic E-state index is 5.71. The van der Waals surface area contributed by atoms with E-state index >= 15 is 0 Å². The van der Waals surface area contributed by atoms with E-state index in [1.54, 1.807) is 19.4 Å². The van der Waals surface area contributed by atoms with Crippen LogP contribution in [0.25, 0.3) is 0 Å². The van der Waals surface area contributed by atoms with Crippen LogP contribution in [0.3, 0.4) is 0 Å². The third-order valence-corrected chi connectivity index (χ3v) is 1.77. The van der Waals surface area contributed by atoms with Crippen molar-refractivity contribution in [3.63, 3.8) is 0 Å². The SMILES string of the molecule is COCCOc1cc(Cl)ncc1C. The molecule has 3 nitrogen and oxygen atoms in total. The lowest BCUT2D eigenvalue weighted by molar-refractivity contribution is 0.146. The number of nitrogens with zero attached hydrogens (tertiary/aromatic N) is 1. The number of pyridine rings is 1. The summed E-state index contributed by atoms with van der Waals surface area (Å²) >= 11 is 5.71. The van der Waals surface area contributed by atoms with Crippen LogP contribution in [0.1, 0.15) is 5.56 Å². The van der Waals surface area contributed by atoms with E-state index in [2.05, 4.69) is 4.98 Å². The maximum absolute atomic E-state index is 5.71.